The number of aromatic amines is 1. The van der Waals surface area contributed by atoms with E-state index in [1.54, 1.807) is 33.3 Å². The number of ether oxygens (including phenoxy) is 1. The highest BCUT2D eigenvalue weighted by molar-refractivity contribution is 5.83. The fourth-order valence-corrected chi connectivity index (χ4v) is 3.10. The van der Waals surface area contributed by atoms with Crippen molar-refractivity contribution in [1.29, 1.82) is 0 Å². The number of nitrogens with zero attached hydrogens (tertiary/aromatic N) is 2. The Kier molecular flexibility index (Phi) is 7.48. The van der Waals surface area contributed by atoms with Gasteiger partial charge < -0.3 is 25.3 Å². The second kappa shape index (κ2) is 10.5. The molecule has 3 aromatic rings. The highest BCUT2D eigenvalue weighted by Gasteiger charge is 2.07. The largest absolute Gasteiger partial charge is 0.484 e. The number of H-pyrrole nitrogens is 1. The van der Waals surface area contributed by atoms with Crippen LogP contribution >= 0.6 is 0 Å². The fourth-order valence-electron chi connectivity index (χ4n) is 3.10. The summed E-state index contributed by atoms with van der Waals surface area (Å²) in [6, 6.07) is 12.3. The molecule has 0 fully saturated rings. The molecule has 164 valence electrons. The number of carbonyl (C=O) groups excluding carboxylic acids is 1. The van der Waals surface area contributed by atoms with Gasteiger partial charge in [-0.05, 0) is 47.9 Å². The molecule has 7 nitrogen and oxygen atoms in total. The van der Waals surface area contributed by atoms with Gasteiger partial charge in [-0.2, -0.15) is 0 Å². The summed E-state index contributed by atoms with van der Waals surface area (Å²) in [6.07, 6.45) is 2.64. The van der Waals surface area contributed by atoms with E-state index in [0.717, 1.165) is 28.5 Å². The molecule has 0 aliphatic rings. The topological polar surface area (TPSA) is 81.7 Å². The Morgan fingerprint density at radius 2 is 2.03 bits per heavy atom. The predicted molar refractivity (Wildman–Crippen MR) is 121 cm³/mol. The Balaban J connectivity index is 1.48. The number of hydrogen-bond donors (Lipinski definition) is 3. The van der Waals surface area contributed by atoms with Gasteiger partial charge in [0.2, 0.25) is 0 Å². The molecule has 0 aliphatic carbocycles. The first-order chi connectivity index (χ1) is 15.0. The zero-order valence-electron chi connectivity index (χ0n) is 18.0. The molecule has 0 saturated carbocycles. The molecule has 31 heavy (non-hydrogen) atoms. The summed E-state index contributed by atoms with van der Waals surface area (Å²) in [5.74, 6) is 0.978. The number of nitrogens with one attached hydrogen (secondary N) is 3. The van der Waals surface area contributed by atoms with E-state index in [4.69, 9.17) is 4.74 Å². The molecule has 0 aliphatic heterocycles. The van der Waals surface area contributed by atoms with Crippen molar-refractivity contribution in [3.05, 3.63) is 65.6 Å². The summed E-state index contributed by atoms with van der Waals surface area (Å²) < 4.78 is 19.1. The van der Waals surface area contributed by atoms with E-state index in [9.17, 15) is 9.18 Å². The molecule has 0 spiro atoms. The van der Waals surface area contributed by atoms with E-state index in [-0.39, 0.29) is 18.3 Å². The standard InChI is InChI=1S/C23H28FN5O2/c1-25-23(26-10-9-17-14-27-21-8-7-18(24)12-20(17)21)28-13-16-5-4-6-19(11-16)31-15-22(30)29(2)3/h4-8,11-12,14,27H,9-10,13,15H2,1-3H3,(H2,25,26,28). The van der Waals surface area contributed by atoms with Gasteiger partial charge in [0.1, 0.15) is 11.6 Å². The maximum atomic E-state index is 13.5. The molecular weight excluding hydrogens is 397 g/mol. The first-order valence-electron chi connectivity index (χ1n) is 10.1. The lowest BCUT2D eigenvalue weighted by atomic mass is 10.1. The Morgan fingerprint density at radius 3 is 2.81 bits per heavy atom. The molecule has 0 bridgehead atoms. The van der Waals surface area contributed by atoms with Gasteiger partial charge >= 0.3 is 0 Å². The number of likely N-dealkylation sites (N-methyl/N-ethyl adjacent to an activating group) is 1. The molecular formula is C23H28FN5O2. The van der Waals surface area contributed by atoms with Crippen molar-refractivity contribution in [3.8, 4) is 5.75 Å². The fraction of sp³-hybridized carbons (Fsp3) is 0.304. The van der Waals surface area contributed by atoms with Crippen molar-refractivity contribution in [2.75, 3.05) is 34.3 Å². The van der Waals surface area contributed by atoms with E-state index in [1.807, 2.05) is 30.5 Å². The van der Waals surface area contributed by atoms with Gasteiger partial charge in [0.05, 0.1) is 0 Å². The summed E-state index contributed by atoms with van der Waals surface area (Å²) in [5, 5.41) is 7.43. The van der Waals surface area contributed by atoms with Crippen LogP contribution in [-0.4, -0.2) is 56.0 Å². The lowest BCUT2D eigenvalue weighted by Crippen LogP contribution is -2.37. The van der Waals surface area contributed by atoms with Crippen molar-refractivity contribution >= 4 is 22.8 Å². The molecule has 8 heteroatoms. The monoisotopic (exact) mass is 425 g/mol. The first kappa shape index (κ1) is 22.1. The number of carbonyl (C=O) groups is 1. The van der Waals surface area contributed by atoms with Crippen LogP contribution in [0.15, 0.2) is 53.7 Å². The minimum absolute atomic E-state index is 0.00480. The Bertz CT molecular complexity index is 1060. The summed E-state index contributed by atoms with van der Waals surface area (Å²) >= 11 is 0. The van der Waals surface area contributed by atoms with E-state index in [1.165, 1.54) is 11.0 Å². The van der Waals surface area contributed by atoms with Crippen LogP contribution in [0.3, 0.4) is 0 Å². The second-order valence-corrected chi connectivity index (χ2v) is 7.33. The zero-order chi connectivity index (χ0) is 22.2. The molecule has 0 atom stereocenters. The molecule has 3 N–H and O–H groups in total. The van der Waals surface area contributed by atoms with Crippen molar-refractivity contribution in [2.24, 2.45) is 4.99 Å². The van der Waals surface area contributed by atoms with Crippen molar-refractivity contribution < 1.29 is 13.9 Å². The average Bonchev–Trinajstić information content (AvgIpc) is 3.16. The third-order valence-electron chi connectivity index (χ3n) is 4.86. The van der Waals surface area contributed by atoms with Crippen LogP contribution in [0.25, 0.3) is 10.9 Å². The number of rotatable bonds is 8. The summed E-state index contributed by atoms with van der Waals surface area (Å²) in [4.78, 5) is 20.6. The Hall–Kier alpha value is -3.55. The number of amides is 1. The molecule has 0 unspecified atom stereocenters. The van der Waals surface area contributed by atoms with Crippen molar-refractivity contribution in [1.82, 2.24) is 20.5 Å². The number of guanidine groups is 1. The van der Waals surface area contributed by atoms with Gasteiger partial charge in [0.25, 0.3) is 5.91 Å². The SMILES string of the molecule is CN=C(NCCc1c[nH]c2ccc(F)cc12)NCc1cccc(OCC(=O)N(C)C)c1. The number of aromatic nitrogens is 1. The number of hydrogen-bond acceptors (Lipinski definition) is 3. The zero-order valence-corrected chi connectivity index (χ0v) is 18.0. The van der Waals surface area contributed by atoms with Gasteiger partial charge in [-0.1, -0.05) is 12.1 Å². The summed E-state index contributed by atoms with van der Waals surface area (Å²) in [7, 11) is 5.10. The lowest BCUT2D eigenvalue weighted by molar-refractivity contribution is -0.130. The Morgan fingerprint density at radius 1 is 1.19 bits per heavy atom. The molecule has 0 radical (unpaired) electrons. The lowest BCUT2D eigenvalue weighted by Gasteiger charge is -2.13. The van der Waals surface area contributed by atoms with Crippen LogP contribution in [0.2, 0.25) is 0 Å². The quantitative estimate of drug-likeness (QED) is 0.383. The van der Waals surface area contributed by atoms with Crippen LogP contribution in [0.5, 0.6) is 5.75 Å². The van der Waals surface area contributed by atoms with E-state index >= 15 is 0 Å². The molecule has 1 aromatic heterocycles. The van der Waals surface area contributed by atoms with E-state index in [2.05, 4.69) is 20.6 Å². The Labute approximate surface area is 181 Å². The van der Waals surface area contributed by atoms with Gasteiger partial charge in [0, 0.05) is 51.3 Å². The van der Waals surface area contributed by atoms with E-state index in [0.29, 0.717) is 24.8 Å². The summed E-state index contributed by atoms with van der Waals surface area (Å²) in [5.41, 5.74) is 2.98. The van der Waals surface area contributed by atoms with Crippen molar-refractivity contribution in [2.45, 2.75) is 13.0 Å². The maximum absolute atomic E-state index is 13.5. The van der Waals surface area contributed by atoms with Crippen LogP contribution in [0.1, 0.15) is 11.1 Å². The normalized spacial score (nSPS) is 11.4. The minimum Gasteiger partial charge on any atom is -0.484 e. The molecule has 0 saturated heterocycles. The molecule has 3 rings (SSSR count). The minimum atomic E-state index is -0.240. The van der Waals surface area contributed by atoms with Crippen LogP contribution in [-0.2, 0) is 17.8 Å². The number of aliphatic imine (C=N–C) groups is 1. The third kappa shape index (κ3) is 6.21. The van der Waals surface area contributed by atoms with Crippen LogP contribution in [0.4, 0.5) is 4.39 Å². The van der Waals surface area contributed by atoms with Gasteiger partial charge in [-0.15, -0.1) is 0 Å². The smallest absolute Gasteiger partial charge is 0.259 e. The average molecular weight is 426 g/mol. The first-order valence-corrected chi connectivity index (χ1v) is 10.1. The third-order valence-corrected chi connectivity index (χ3v) is 4.86. The molecule has 1 amide bonds. The highest BCUT2D eigenvalue weighted by atomic mass is 19.1. The van der Waals surface area contributed by atoms with Crippen LogP contribution < -0.4 is 15.4 Å². The number of halogens is 1. The predicted octanol–water partition coefficient (Wildman–Crippen LogP) is 2.68. The van der Waals surface area contributed by atoms with E-state index < -0.39 is 0 Å². The molecule has 2 aromatic carbocycles. The van der Waals surface area contributed by atoms with Gasteiger partial charge in [-0.25, -0.2) is 4.39 Å². The van der Waals surface area contributed by atoms with Crippen LogP contribution in [0, 0.1) is 5.82 Å². The second-order valence-electron chi connectivity index (χ2n) is 7.33. The number of benzene rings is 2. The summed E-state index contributed by atoms with van der Waals surface area (Å²) in [6.45, 7) is 1.21. The highest BCUT2D eigenvalue weighted by Crippen LogP contribution is 2.19. The maximum Gasteiger partial charge on any atom is 0.259 e. The molecule has 1 heterocycles. The van der Waals surface area contributed by atoms with Crippen molar-refractivity contribution in [3.63, 3.8) is 0 Å². The number of fused-ring (bicyclic) bond motifs is 1. The van der Waals surface area contributed by atoms with Gasteiger partial charge in [0.15, 0.2) is 12.6 Å². The van der Waals surface area contributed by atoms with Gasteiger partial charge in [-0.3, -0.25) is 9.79 Å².